The molecule has 2 aromatic rings. The minimum Gasteiger partial charge on any atom is -0.258 e. The first-order valence-corrected chi connectivity index (χ1v) is 6.66. The van der Waals surface area contributed by atoms with Crippen LogP contribution in [0.15, 0.2) is 52.3 Å². The van der Waals surface area contributed by atoms with Gasteiger partial charge in [-0.15, -0.1) is 0 Å². The number of nitro benzene ring substituents is 1. The van der Waals surface area contributed by atoms with E-state index in [2.05, 4.69) is 0 Å². The average molecular weight is 324 g/mol. The molecule has 0 unspecified atom stereocenters. The zero-order valence-corrected chi connectivity index (χ0v) is 11.6. The van der Waals surface area contributed by atoms with Gasteiger partial charge in [0.25, 0.3) is 5.69 Å². The van der Waals surface area contributed by atoms with Crippen molar-refractivity contribution in [2.45, 2.75) is 16.0 Å². The molecule has 0 atom stereocenters. The van der Waals surface area contributed by atoms with E-state index in [4.69, 9.17) is 5.26 Å². The van der Waals surface area contributed by atoms with Gasteiger partial charge in [-0.25, -0.2) is 0 Å². The molecule has 112 valence electrons. The molecule has 2 rings (SSSR count). The smallest absolute Gasteiger partial charge is 0.258 e. The van der Waals surface area contributed by atoms with Crippen molar-refractivity contribution in [3.05, 3.63) is 63.7 Å². The standard InChI is InChI=1S/C14H7F3N2O2S/c15-14(16,17)10-2-1-3-11(7-10)22-13-5-4-9(8-18)6-12(13)19(20)21/h1-7H. The summed E-state index contributed by atoms with van der Waals surface area (Å²) in [5.41, 5.74) is -1.03. The van der Waals surface area contributed by atoms with Gasteiger partial charge >= 0.3 is 6.18 Å². The average Bonchev–Trinajstić information content (AvgIpc) is 2.47. The van der Waals surface area contributed by atoms with Crippen LogP contribution in [0.25, 0.3) is 0 Å². The first kappa shape index (κ1) is 15.9. The highest BCUT2D eigenvalue weighted by atomic mass is 32.2. The summed E-state index contributed by atoms with van der Waals surface area (Å²) in [7, 11) is 0. The fourth-order valence-corrected chi connectivity index (χ4v) is 2.64. The van der Waals surface area contributed by atoms with Gasteiger partial charge < -0.3 is 0 Å². The Kier molecular flexibility index (Phi) is 4.37. The molecule has 4 nitrogen and oxygen atoms in total. The van der Waals surface area contributed by atoms with Crippen LogP contribution in [-0.2, 0) is 6.18 Å². The molecule has 2 aromatic carbocycles. The Bertz CT molecular complexity index is 769. The predicted molar refractivity (Wildman–Crippen MR) is 73.4 cm³/mol. The Morgan fingerprint density at radius 2 is 1.91 bits per heavy atom. The Hall–Kier alpha value is -2.53. The van der Waals surface area contributed by atoms with Crippen LogP contribution in [0.1, 0.15) is 11.1 Å². The summed E-state index contributed by atoms with van der Waals surface area (Å²) in [6.07, 6.45) is -4.48. The van der Waals surface area contributed by atoms with Crippen LogP contribution in [0, 0.1) is 21.4 Å². The summed E-state index contributed by atoms with van der Waals surface area (Å²) in [5, 5.41) is 19.8. The topological polar surface area (TPSA) is 66.9 Å². The molecular formula is C14H7F3N2O2S. The maximum atomic E-state index is 12.7. The molecule has 0 heterocycles. The maximum Gasteiger partial charge on any atom is 0.416 e. The molecule has 0 fully saturated rings. The number of nitriles is 1. The molecule has 8 heteroatoms. The normalized spacial score (nSPS) is 11.0. The molecule has 0 saturated heterocycles. The molecule has 0 spiro atoms. The lowest BCUT2D eigenvalue weighted by molar-refractivity contribution is -0.387. The lowest BCUT2D eigenvalue weighted by Crippen LogP contribution is -2.04. The molecule has 0 radical (unpaired) electrons. The van der Waals surface area contributed by atoms with E-state index in [0.29, 0.717) is 0 Å². The van der Waals surface area contributed by atoms with Crippen molar-refractivity contribution >= 4 is 17.4 Å². The van der Waals surface area contributed by atoms with Gasteiger partial charge in [0.1, 0.15) is 0 Å². The number of nitrogens with zero attached hydrogens (tertiary/aromatic N) is 2. The second-order valence-electron chi connectivity index (χ2n) is 4.18. The van der Waals surface area contributed by atoms with Gasteiger partial charge in [0.2, 0.25) is 0 Å². The molecular weight excluding hydrogens is 317 g/mol. The third-order valence-electron chi connectivity index (χ3n) is 2.67. The zero-order valence-electron chi connectivity index (χ0n) is 10.8. The molecule has 0 N–H and O–H groups in total. The number of halogens is 3. The summed E-state index contributed by atoms with van der Waals surface area (Å²) in [6, 6.07) is 10.1. The number of alkyl halides is 3. The summed E-state index contributed by atoms with van der Waals surface area (Å²) >= 11 is 0.841. The van der Waals surface area contributed by atoms with E-state index in [1.165, 1.54) is 24.3 Å². The van der Waals surface area contributed by atoms with Crippen LogP contribution in [-0.4, -0.2) is 4.92 Å². The number of hydrogen-bond donors (Lipinski definition) is 0. The van der Waals surface area contributed by atoms with E-state index >= 15 is 0 Å². The molecule has 0 saturated carbocycles. The number of benzene rings is 2. The predicted octanol–water partition coefficient (Wildman–Crippen LogP) is 4.64. The quantitative estimate of drug-likeness (QED) is 0.609. The highest BCUT2D eigenvalue weighted by Gasteiger charge is 2.30. The van der Waals surface area contributed by atoms with Gasteiger partial charge in [0, 0.05) is 11.0 Å². The fourth-order valence-electron chi connectivity index (χ4n) is 1.68. The molecule has 0 amide bonds. The number of hydrogen-bond acceptors (Lipinski definition) is 4. The third-order valence-corrected chi connectivity index (χ3v) is 3.73. The molecule has 0 aromatic heterocycles. The number of nitro groups is 1. The Morgan fingerprint density at radius 1 is 1.18 bits per heavy atom. The van der Waals surface area contributed by atoms with Gasteiger partial charge in [0.05, 0.1) is 27.0 Å². The van der Waals surface area contributed by atoms with E-state index in [1.807, 2.05) is 0 Å². The summed E-state index contributed by atoms with van der Waals surface area (Å²) < 4.78 is 38.0. The lowest BCUT2D eigenvalue weighted by atomic mass is 10.2. The van der Waals surface area contributed by atoms with Gasteiger partial charge in [-0.1, -0.05) is 17.8 Å². The maximum absolute atomic E-state index is 12.7. The van der Waals surface area contributed by atoms with Crippen molar-refractivity contribution in [3.63, 3.8) is 0 Å². The lowest BCUT2D eigenvalue weighted by Gasteiger charge is -2.08. The Morgan fingerprint density at radius 3 is 2.50 bits per heavy atom. The minimum absolute atomic E-state index is 0.111. The highest BCUT2D eigenvalue weighted by molar-refractivity contribution is 7.99. The zero-order chi connectivity index (χ0) is 16.3. The third kappa shape index (κ3) is 3.56. The van der Waals surface area contributed by atoms with Crippen LogP contribution in [0.3, 0.4) is 0 Å². The van der Waals surface area contributed by atoms with Crippen molar-refractivity contribution in [3.8, 4) is 6.07 Å². The molecule has 0 aliphatic rings. The largest absolute Gasteiger partial charge is 0.416 e. The molecule has 22 heavy (non-hydrogen) atoms. The van der Waals surface area contributed by atoms with E-state index in [9.17, 15) is 23.3 Å². The van der Waals surface area contributed by atoms with Gasteiger partial charge in [-0.05, 0) is 30.3 Å². The van der Waals surface area contributed by atoms with E-state index in [0.717, 1.165) is 30.0 Å². The van der Waals surface area contributed by atoms with Crippen LogP contribution in [0.4, 0.5) is 18.9 Å². The fraction of sp³-hybridized carbons (Fsp3) is 0.0714. The van der Waals surface area contributed by atoms with Crippen molar-refractivity contribution in [1.82, 2.24) is 0 Å². The summed E-state index contributed by atoms with van der Waals surface area (Å²) in [5.74, 6) is 0. The van der Waals surface area contributed by atoms with E-state index in [1.54, 1.807) is 6.07 Å². The molecule has 0 aliphatic heterocycles. The SMILES string of the molecule is N#Cc1ccc(Sc2cccc(C(F)(F)F)c2)c([N+](=O)[O-])c1. The van der Waals surface area contributed by atoms with Gasteiger partial charge in [0.15, 0.2) is 0 Å². The van der Waals surface area contributed by atoms with Gasteiger partial charge in [-0.3, -0.25) is 10.1 Å². The Balaban J connectivity index is 2.40. The Labute approximate surface area is 127 Å². The molecule has 0 bridgehead atoms. The van der Waals surface area contributed by atoms with Crippen molar-refractivity contribution in [2.75, 3.05) is 0 Å². The minimum atomic E-state index is -4.48. The van der Waals surface area contributed by atoms with Gasteiger partial charge in [-0.2, -0.15) is 18.4 Å². The van der Waals surface area contributed by atoms with E-state index in [-0.39, 0.29) is 21.0 Å². The molecule has 0 aliphatic carbocycles. The van der Waals surface area contributed by atoms with Crippen LogP contribution in [0.2, 0.25) is 0 Å². The van der Waals surface area contributed by atoms with Crippen LogP contribution in [0.5, 0.6) is 0 Å². The van der Waals surface area contributed by atoms with Crippen LogP contribution >= 0.6 is 11.8 Å². The van der Waals surface area contributed by atoms with E-state index < -0.39 is 16.7 Å². The second-order valence-corrected chi connectivity index (χ2v) is 5.29. The number of rotatable bonds is 3. The highest BCUT2D eigenvalue weighted by Crippen LogP contribution is 2.38. The van der Waals surface area contributed by atoms with Crippen molar-refractivity contribution < 1.29 is 18.1 Å². The second kappa shape index (κ2) is 6.07. The first-order chi connectivity index (χ1) is 10.3. The first-order valence-electron chi connectivity index (χ1n) is 5.85. The van der Waals surface area contributed by atoms with Crippen LogP contribution < -0.4 is 0 Å². The van der Waals surface area contributed by atoms with Crippen molar-refractivity contribution in [1.29, 1.82) is 5.26 Å². The van der Waals surface area contributed by atoms with Crippen molar-refractivity contribution in [2.24, 2.45) is 0 Å². The summed E-state index contributed by atoms with van der Waals surface area (Å²) in [4.78, 5) is 10.7. The monoisotopic (exact) mass is 324 g/mol. The summed E-state index contributed by atoms with van der Waals surface area (Å²) in [6.45, 7) is 0.